The molecule has 0 aliphatic rings. The summed E-state index contributed by atoms with van der Waals surface area (Å²) in [4.78, 5) is 12.5. The number of carbonyl (C=O) groups is 1. The van der Waals surface area contributed by atoms with Crippen LogP contribution in [-0.4, -0.2) is 26.3 Å². The van der Waals surface area contributed by atoms with Crippen LogP contribution in [0.15, 0.2) is 47.6 Å². The molecule has 2 heterocycles. The van der Waals surface area contributed by atoms with Crippen LogP contribution in [0.3, 0.4) is 0 Å². The summed E-state index contributed by atoms with van der Waals surface area (Å²) in [6.45, 7) is 8.45. The number of benzene rings is 2. The van der Waals surface area contributed by atoms with Crippen LogP contribution < -0.4 is 5.32 Å². The van der Waals surface area contributed by atoms with E-state index in [2.05, 4.69) is 65.8 Å². The molecule has 0 radical (unpaired) electrons. The first kappa shape index (κ1) is 20.4. The third-order valence-electron chi connectivity index (χ3n) is 5.33. The van der Waals surface area contributed by atoms with E-state index in [0.29, 0.717) is 12.2 Å². The van der Waals surface area contributed by atoms with Gasteiger partial charge in [-0.1, -0.05) is 48.5 Å². The lowest BCUT2D eigenvalue weighted by Crippen LogP contribution is -2.13. The summed E-state index contributed by atoms with van der Waals surface area (Å²) in [5.41, 5.74) is 7.68. The van der Waals surface area contributed by atoms with Gasteiger partial charge in [0, 0.05) is 23.2 Å². The molecule has 4 rings (SSSR count). The average molecular weight is 419 g/mol. The highest BCUT2D eigenvalue weighted by Gasteiger charge is 2.14. The number of aryl methyl sites for hydroxylation is 4. The Kier molecular flexibility index (Phi) is 5.77. The lowest BCUT2D eigenvalue weighted by molar-refractivity contribution is -0.115. The Hall–Kier alpha value is -2.86. The summed E-state index contributed by atoms with van der Waals surface area (Å²) in [6.07, 6.45) is 1.31. The van der Waals surface area contributed by atoms with E-state index in [1.165, 1.54) is 22.1 Å². The SMILES string of the molecule is CCc1ccccc1NC(=O)CCSc1nnc2cc(C)c3cc(C)cc(C)c3n12. The van der Waals surface area contributed by atoms with Crippen LogP contribution in [0.1, 0.15) is 35.6 Å². The van der Waals surface area contributed by atoms with Crippen molar-refractivity contribution in [2.45, 2.75) is 45.7 Å². The molecule has 0 spiro atoms. The normalized spacial score (nSPS) is 11.3. The molecular formula is C24H26N4OS. The molecule has 0 fully saturated rings. The molecule has 0 aliphatic heterocycles. The van der Waals surface area contributed by atoms with E-state index < -0.39 is 0 Å². The van der Waals surface area contributed by atoms with E-state index in [1.54, 1.807) is 11.8 Å². The highest BCUT2D eigenvalue weighted by atomic mass is 32.2. The summed E-state index contributed by atoms with van der Waals surface area (Å²) < 4.78 is 2.12. The van der Waals surface area contributed by atoms with Crippen molar-refractivity contribution in [1.29, 1.82) is 0 Å². The summed E-state index contributed by atoms with van der Waals surface area (Å²) in [5, 5.41) is 13.9. The Labute approximate surface area is 180 Å². The molecular weight excluding hydrogens is 392 g/mol. The van der Waals surface area contributed by atoms with Crippen molar-refractivity contribution in [2.24, 2.45) is 0 Å². The molecule has 2 aromatic carbocycles. The van der Waals surface area contributed by atoms with E-state index in [1.807, 2.05) is 24.3 Å². The van der Waals surface area contributed by atoms with Gasteiger partial charge in [-0.15, -0.1) is 10.2 Å². The number of para-hydroxylation sites is 1. The molecule has 1 amide bonds. The topological polar surface area (TPSA) is 59.3 Å². The second-order valence-electron chi connectivity index (χ2n) is 7.64. The fourth-order valence-electron chi connectivity index (χ4n) is 3.91. The highest BCUT2D eigenvalue weighted by molar-refractivity contribution is 7.99. The number of thioether (sulfide) groups is 1. The van der Waals surface area contributed by atoms with Crippen molar-refractivity contribution in [3.63, 3.8) is 0 Å². The van der Waals surface area contributed by atoms with E-state index in [-0.39, 0.29) is 5.91 Å². The van der Waals surface area contributed by atoms with Gasteiger partial charge in [-0.05, 0) is 62.1 Å². The van der Waals surface area contributed by atoms with E-state index in [0.717, 1.165) is 34.0 Å². The zero-order chi connectivity index (χ0) is 21.3. The Morgan fingerprint density at radius 3 is 2.67 bits per heavy atom. The molecule has 4 aromatic rings. The summed E-state index contributed by atoms with van der Waals surface area (Å²) in [5.74, 6) is 0.658. The van der Waals surface area contributed by atoms with Gasteiger partial charge >= 0.3 is 0 Å². The molecule has 0 aliphatic carbocycles. The van der Waals surface area contributed by atoms with Crippen LogP contribution in [0.5, 0.6) is 0 Å². The molecule has 5 nitrogen and oxygen atoms in total. The van der Waals surface area contributed by atoms with E-state index >= 15 is 0 Å². The van der Waals surface area contributed by atoms with Crippen LogP contribution in [0.4, 0.5) is 5.69 Å². The van der Waals surface area contributed by atoms with Gasteiger partial charge in [0.2, 0.25) is 5.91 Å². The fourth-order valence-corrected chi connectivity index (χ4v) is 4.79. The van der Waals surface area contributed by atoms with Gasteiger partial charge < -0.3 is 5.32 Å². The van der Waals surface area contributed by atoms with Gasteiger partial charge in [0.1, 0.15) is 0 Å². The number of anilines is 1. The Bertz CT molecular complexity index is 1250. The number of carbonyl (C=O) groups excluding carboxylic acids is 1. The van der Waals surface area contributed by atoms with Crippen molar-refractivity contribution in [2.75, 3.05) is 11.1 Å². The number of fused-ring (bicyclic) bond motifs is 3. The number of nitrogens with one attached hydrogen (secondary N) is 1. The molecule has 30 heavy (non-hydrogen) atoms. The Morgan fingerprint density at radius 1 is 1.07 bits per heavy atom. The number of aromatic nitrogens is 3. The van der Waals surface area contributed by atoms with Crippen molar-refractivity contribution in [1.82, 2.24) is 14.6 Å². The van der Waals surface area contributed by atoms with E-state index in [4.69, 9.17) is 0 Å². The largest absolute Gasteiger partial charge is 0.326 e. The van der Waals surface area contributed by atoms with Gasteiger partial charge in [-0.25, -0.2) is 0 Å². The molecule has 2 aromatic heterocycles. The Balaban J connectivity index is 1.53. The van der Waals surface area contributed by atoms with Crippen molar-refractivity contribution in [3.05, 3.63) is 64.7 Å². The smallest absolute Gasteiger partial charge is 0.225 e. The summed E-state index contributed by atoms with van der Waals surface area (Å²) in [6, 6.07) is 14.4. The quantitative estimate of drug-likeness (QED) is 0.421. The van der Waals surface area contributed by atoms with Crippen molar-refractivity contribution in [3.8, 4) is 0 Å². The van der Waals surface area contributed by atoms with Crippen molar-refractivity contribution >= 4 is 39.9 Å². The maximum Gasteiger partial charge on any atom is 0.225 e. The monoisotopic (exact) mass is 418 g/mol. The molecule has 1 N–H and O–H groups in total. The first-order chi connectivity index (χ1) is 14.5. The number of nitrogens with zero attached hydrogens (tertiary/aromatic N) is 3. The molecule has 154 valence electrons. The van der Waals surface area contributed by atoms with Crippen LogP contribution in [-0.2, 0) is 11.2 Å². The molecule has 0 unspecified atom stereocenters. The number of pyridine rings is 1. The third-order valence-corrected chi connectivity index (χ3v) is 6.26. The first-order valence-electron chi connectivity index (χ1n) is 10.2. The lowest BCUT2D eigenvalue weighted by atomic mass is 10.0. The minimum atomic E-state index is 0.0183. The summed E-state index contributed by atoms with van der Waals surface area (Å²) in [7, 11) is 0. The van der Waals surface area contributed by atoms with Gasteiger partial charge in [0.15, 0.2) is 10.8 Å². The maximum atomic E-state index is 12.5. The predicted octanol–water partition coefficient (Wildman–Crippen LogP) is 5.49. The van der Waals surface area contributed by atoms with Gasteiger partial charge in [-0.2, -0.15) is 0 Å². The fraction of sp³-hybridized carbons (Fsp3) is 0.292. The zero-order valence-electron chi connectivity index (χ0n) is 17.8. The second kappa shape index (κ2) is 8.48. The maximum absolute atomic E-state index is 12.5. The number of hydrogen-bond acceptors (Lipinski definition) is 4. The number of hydrogen-bond donors (Lipinski definition) is 1. The van der Waals surface area contributed by atoms with Gasteiger partial charge in [0.25, 0.3) is 0 Å². The number of amides is 1. The van der Waals surface area contributed by atoms with Crippen LogP contribution >= 0.6 is 11.8 Å². The predicted molar refractivity (Wildman–Crippen MR) is 124 cm³/mol. The zero-order valence-corrected chi connectivity index (χ0v) is 18.6. The number of rotatable bonds is 6. The van der Waals surface area contributed by atoms with E-state index in [9.17, 15) is 4.79 Å². The van der Waals surface area contributed by atoms with Crippen LogP contribution in [0, 0.1) is 20.8 Å². The van der Waals surface area contributed by atoms with Gasteiger partial charge in [-0.3, -0.25) is 9.20 Å². The Morgan fingerprint density at radius 2 is 1.87 bits per heavy atom. The molecule has 0 bridgehead atoms. The minimum absolute atomic E-state index is 0.0183. The standard InChI is InChI=1S/C24H26N4OS/c1-5-18-8-6-7-9-20(18)25-22(29)10-11-30-24-27-26-21-14-16(3)19-13-15(2)12-17(4)23(19)28(21)24/h6-9,12-14H,5,10-11H2,1-4H3,(H,25,29). The lowest BCUT2D eigenvalue weighted by Gasteiger charge is -2.11. The third kappa shape index (κ3) is 3.92. The van der Waals surface area contributed by atoms with Crippen LogP contribution in [0.2, 0.25) is 0 Å². The average Bonchev–Trinajstić information content (AvgIpc) is 3.10. The van der Waals surface area contributed by atoms with Crippen LogP contribution in [0.25, 0.3) is 16.6 Å². The summed E-state index contributed by atoms with van der Waals surface area (Å²) >= 11 is 1.57. The first-order valence-corrected chi connectivity index (χ1v) is 11.2. The highest BCUT2D eigenvalue weighted by Crippen LogP contribution is 2.29. The minimum Gasteiger partial charge on any atom is -0.326 e. The molecule has 6 heteroatoms. The molecule has 0 saturated heterocycles. The van der Waals surface area contributed by atoms with Crippen molar-refractivity contribution < 1.29 is 4.79 Å². The molecule has 0 saturated carbocycles. The second-order valence-corrected chi connectivity index (χ2v) is 8.70. The molecule has 0 atom stereocenters. The van der Waals surface area contributed by atoms with Gasteiger partial charge in [0.05, 0.1) is 5.52 Å².